The van der Waals surface area contributed by atoms with Crippen molar-refractivity contribution < 1.29 is 18.3 Å². The number of methoxy groups -OCH3 is 1. The van der Waals surface area contributed by atoms with E-state index in [1.807, 2.05) is 13.8 Å². The summed E-state index contributed by atoms with van der Waals surface area (Å²) in [5.41, 5.74) is 0.756. The van der Waals surface area contributed by atoms with Gasteiger partial charge in [-0.25, -0.2) is 8.78 Å². The van der Waals surface area contributed by atoms with Crippen molar-refractivity contribution in [2.24, 2.45) is 4.99 Å². The first-order valence-electron chi connectivity index (χ1n) is 8.66. The highest BCUT2D eigenvalue weighted by Gasteiger charge is 2.13. The Morgan fingerprint density at radius 1 is 1.07 bits per heavy atom. The molecule has 0 heterocycles. The van der Waals surface area contributed by atoms with Gasteiger partial charge in [0, 0.05) is 7.05 Å². The Bertz CT molecular complexity index is 784. The fourth-order valence-corrected chi connectivity index (χ4v) is 2.47. The number of hydrogen-bond acceptors (Lipinski definition) is 3. The van der Waals surface area contributed by atoms with E-state index in [0.717, 1.165) is 5.56 Å². The average molecular weight is 377 g/mol. The molecule has 0 amide bonds. The molecule has 2 unspecified atom stereocenters. The summed E-state index contributed by atoms with van der Waals surface area (Å²) >= 11 is 0. The maximum Gasteiger partial charge on any atom is 0.191 e. The zero-order chi connectivity index (χ0) is 19.8. The lowest BCUT2D eigenvalue weighted by molar-refractivity contribution is 0.214. The van der Waals surface area contributed by atoms with Gasteiger partial charge in [0.2, 0.25) is 0 Å². The summed E-state index contributed by atoms with van der Waals surface area (Å²) < 4.78 is 38.0. The number of halogens is 2. The Balaban J connectivity index is 1.89. The lowest BCUT2D eigenvalue weighted by atomic mass is 10.1. The molecular weight excluding hydrogens is 352 g/mol. The molecule has 0 saturated heterocycles. The summed E-state index contributed by atoms with van der Waals surface area (Å²) in [5, 5.41) is 6.30. The molecular formula is C20H25F2N3O2. The van der Waals surface area contributed by atoms with Gasteiger partial charge in [-0.3, -0.25) is 4.99 Å². The van der Waals surface area contributed by atoms with Crippen molar-refractivity contribution in [2.45, 2.75) is 26.0 Å². The number of ether oxygens (including phenoxy) is 2. The second kappa shape index (κ2) is 9.75. The Morgan fingerprint density at radius 3 is 2.44 bits per heavy atom. The SMILES string of the molecule is CN=C(NCC(C)Oc1ccccc1F)NC(C)c1ccc(OC)c(F)c1. The predicted octanol–water partition coefficient (Wildman–Crippen LogP) is 3.67. The molecule has 7 heteroatoms. The van der Waals surface area contributed by atoms with E-state index >= 15 is 0 Å². The minimum Gasteiger partial charge on any atom is -0.494 e. The van der Waals surface area contributed by atoms with Crippen molar-refractivity contribution in [1.82, 2.24) is 10.6 Å². The third kappa shape index (κ3) is 5.84. The number of para-hydroxylation sites is 1. The predicted molar refractivity (Wildman–Crippen MR) is 102 cm³/mol. The maximum atomic E-state index is 13.9. The van der Waals surface area contributed by atoms with Crippen LogP contribution in [0, 0.1) is 11.6 Å². The molecule has 0 spiro atoms. The van der Waals surface area contributed by atoms with E-state index in [4.69, 9.17) is 9.47 Å². The highest BCUT2D eigenvalue weighted by atomic mass is 19.1. The second-order valence-electron chi connectivity index (χ2n) is 6.07. The Kier molecular flexibility index (Phi) is 7.40. The van der Waals surface area contributed by atoms with Crippen LogP contribution in [0.5, 0.6) is 11.5 Å². The molecule has 5 nitrogen and oxygen atoms in total. The Morgan fingerprint density at radius 2 is 1.81 bits per heavy atom. The molecule has 0 aromatic heterocycles. The summed E-state index contributed by atoms with van der Waals surface area (Å²) in [5.74, 6) is 0.118. The van der Waals surface area contributed by atoms with Crippen molar-refractivity contribution in [3.8, 4) is 11.5 Å². The molecule has 0 aliphatic heterocycles. The van der Waals surface area contributed by atoms with Gasteiger partial charge in [0.05, 0.1) is 19.7 Å². The molecule has 2 aromatic rings. The van der Waals surface area contributed by atoms with E-state index in [-0.39, 0.29) is 23.6 Å². The number of benzene rings is 2. The van der Waals surface area contributed by atoms with E-state index in [9.17, 15) is 8.78 Å². The number of guanidine groups is 1. The number of hydrogen-bond donors (Lipinski definition) is 2. The van der Waals surface area contributed by atoms with Gasteiger partial charge >= 0.3 is 0 Å². The lowest BCUT2D eigenvalue weighted by Gasteiger charge is -2.21. The van der Waals surface area contributed by atoms with E-state index in [0.29, 0.717) is 12.5 Å². The minimum absolute atomic E-state index is 0.181. The molecule has 0 fully saturated rings. The van der Waals surface area contributed by atoms with Gasteiger partial charge in [-0.15, -0.1) is 0 Å². The summed E-state index contributed by atoms with van der Waals surface area (Å²) in [7, 11) is 3.06. The second-order valence-corrected chi connectivity index (χ2v) is 6.07. The molecule has 2 atom stereocenters. The zero-order valence-electron chi connectivity index (χ0n) is 15.9. The first-order chi connectivity index (χ1) is 12.9. The summed E-state index contributed by atoms with van der Waals surface area (Å²) in [6.45, 7) is 4.14. The molecule has 2 N–H and O–H groups in total. The smallest absolute Gasteiger partial charge is 0.191 e. The number of nitrogens with one attached hydrogen (secondary N) is 2. The van der Waals surface area contributed by atoms with Crippen molar-refractivity contribution in [2.75, 3.05) is 20.7 Å². The van der Waals surface area contributed by atoms with Crippen LogP contribution < -0.4 is 20.1 Å². The molecule has 2 rings (SSSR count). The summed E-state index contributed by atoms with van der Waals surface area (Å²) in [6.07, 6.45) is -0.283. The van der Waals surface area contributed by atoms with Crippen LogP contribution in [0.4, 0.5) is 8.78 Å². The third-order valence-corrected chi connectivity index (χ3v) is 3.97. The van der Waals surface area contributed by atoms with Gasteiger partial charge in [0.25, 0.3) is 0 Å². The van der Waals surface area contributed by atoms with Gasteiger partial charge in [-0.2, -0.15) is 0 Å². The standard InChI is InChI=1S/C20H25F2N3O2/c1-13(27-19-8-6-5-7-16(19)21)12-24-20(23-3)25-14(2)15-9-10-18(26-4)17(22)11-15/h5-11,13-14H,12H2,1-4H3,(H2,23,24,25). The van der Waals surface area contributed by atoms with Crippen molar-refractivity contribution in [3.05, 3.63) is 59.7 Å². The Hall–Kier alpha value is -2.83. The van der Waals surface area contributed by atoms with Gasteiger partial charge in [0.1, 0.15) is 6.10 Å². The van der Waals surface area contributed by atoms with E-state index in [1.165, 1.54) is 19.2 Å². The normalized spacial score (nSPS) is 13.6. The lowest BCUT2D eigenvalue weighted by Crippen LogP contribution is -2.42. The van der Waals surface area contributed by atoms with Crippen LogP contribution in [0.2, 0.25) is 0 Å². The summed E-state index contributed by atoms with van der Waals surface area (Å²) in [6, 6.07) is 10.9. The molecule has 0 aliphatic rings. The molecule has 146 valence electrons. The quantitative estimate of drug-likeness (QED) is 0.571. The van der Waals surface area contributed by atoms with Crippen LogP contribution in [0.15, 0.2) is 47.5 Å². The van der Waals surface area contributed by atoms with E-state index in [1.54, 1.807) is 37.4 Å². The minimum atomic E-state index is -0.418. The zero-order valence-corrected chi connectivity index (χ0v) is 15.9. The van der Waals surface area contributed by atoms with Gasteiger partial charge in [-0.05, 0) is 43.7 Å². The fraction of sp³-hybridized carbons (Fsp3) is 0.350. The fourth-order valence-electron chi connectivity index (χ4n) is 2.47. The number of aliphatic imine (C=N–C) groups is 1. The van der Waals surface area contributed by atoms with Crippen LogP contribution >= 0.6 is 0 Å². The molecule has 27 heavy (non-hydrogen) atoms. The van der Waals surface area contributed by atoms with Crippen LogP contribution in [0.25, 0.3) is 0 Å². The number of rotatable bonds is 7. The molecule has 0 aliphatic carbocycles. The third-order valence-electron chi connectivity index (χ3n) is 3.97. The van der Waals surface area contributed by atoms with Gasteiger partial charge in [0.15, 0.2) is 29.1 Å². The highest BCUT2D eigenvalue weighted by Crippen LogP contribution is 2.21. The van der Waals surface area contributed by atoms with Crippen LogP contribution in [0.3, 0.4) is 0 Å². The molecule has 0 bridgehead atoms. The summed E-state index contributed by atoms with van der Waals surface area (Å²) in [4.78, 5) is 4.15. The van der Waals surface area contributed by atoms with Gasteiger partial charge < -0.3 is 20.1 Å². The first kappa shape index (κ1) is 20.5. The largest absolute Gasteiger partial charge is 0.494 e. The Labute approximate surface area is 158 Å². The molecule has 0 saturated carbocycles. The van der Waals surface area contributed by atoms with E-state index < -0.39 is 11.6 Å². The number of nitrogens with zero attached hydrogens (tertiary/aromatic N) is 1. The van der Waals surface area contributed by atoms with Crippen LogP contribution in [0.1, 0.15) is 25.5 Å². The van der Waals surface area contributed by atoms with E-state index in [2.05, 4.69) is 15.6 Å². The topological polar surface area (TPSA) is 54.9 Å². The van der Waals surface area contributed by atoms with Crippen LogP contribution in [-0.2, 0) is 0 Å². The molecule has 2 aromatic carbocycles. The molecule has 0 radical (unpaired) electrons. The van der Waals surface area contributed by atoms with Gasteiger partial charge in [-0.1, -0.05) is 18.2 Å². The van der Waals surface area contributed by atoms with Crippen molar-refractivity contribution >= 4 is 5.96 Å². The maximum absolute atomic E-state index is 13.9. The van der Waals surface area contributed by atoms with Crippen LogP contribution in [-0.4, -0.2) is 32.8 Å². The highest BCUT2D eigenvalue weighted by molar-refractivity contribution is 5.80. The first-order valence-corrected chi connectivity index (χ1v) is 8.66. The van der Waals surface area contributed by atoms with Crippen molar-refractivity contribution in [1.29, 1.82) is 0 Å². The average Bonchev–Trinajstić information content (AvgIpc) is 2.66. The monoisotopic (exact) mass is 377 g/mol. The van der Waals surface area contributed by atoms with Crippen molar-refractivity contribution in [3.63, 3.8) is 0 Å².